The first-order valence-electron chi connectivity index (χ1n) is 4.15. The highest BCUT2D eigenvalue weighted by atomic mass is 79.9. The SMILES string of the molecule is O=S1(=O)CC(Nc2cccc(Br)n2)C1. The van der Waals surface area contributed by atoms with Crippen LogP contribution in [0.1, 0.15) is 0 Å². The van der Waals surface area contributed by atoms with Crippen molar-refractivity contribution in [3.8, 4) is 0 Å². The van der Waals surface area contributed by atoms with Gasteiger partial charge in [-0.2, -0.15) is 0 Å². The third kappa shape index (κ3) is 2.24. The van der Waals surface area contributed by atoms with Gasteiger partial charge in [0.2, 0.25) is 0 Å². The van der Waals surface area contributed by atoms with E-state index in [1.54, 1.807) is 0 Å². The van der Waals surface area contributed by atoms with E-state index in [1.807, 2.05) is 18.2 Å². The molecule has 14 heavy (non-hydrogen) atoms. The normalized spacial score (nSPS) is 20.1. The smallest absolute Gasteiger partial charge is 0.154 e. The Morgan fingerprint density at radius 3 is 2.71 bits per heavy atom. The summed E-state index contributed by atoms with van der Waals surface area (Å²) in [6.45, 7) is 0. The molecule has 0 aliphatic carbocycles. The van der Waals surface area contributed by atoms with E-state index >= 15 is 0 Å². The molecule has 6 heteroatoms. The van der Waals surface area contributed by atoms with Crippen LogP contribution < -0.4 is 5.32 Å². The number of pyridine rings is 1. The molecule has 1 aromatic heterocycles. The lowest BCUT2D eigenvalue weighted by Crippen LogP contribution is -2.46. The summed E-state index contributed by atoms with van der Waals surface area (Å²) in [5, 5.41) is 3.05. The third-order valence-electron chi connectivity index (χ3n) is 1.98. The summed E-state index contributed by atoms with van der Waals surface area (Å²) in [5.74, 6) is 1.13. The van der Waals surface area contributed by atoms with Crippen LogP contribution in [0, 0.1) is 0 Å². The Morgan fingerprint density at radius 1 is 1.43 bits per heavy atom. The summed E-state index contributed by atoms with van der Waals surface area (Å²) >= 11 is 3.25. The molecule has 0 amide bonds. The van der Waals surface area contributed by atoms with Crippen LogP contribution in [-0.4, -0.2) is 30.9 Å². The fourth-order valence-corrected chi connectivity index (χ4v) is 2.98. The average molecular weight is 277 g/mol. The molecule has 2 rings (SSSR count). The van der Waals surface area contributed by atoms with E-state index in [4.69, 9.17) is 0 Å². The standard InChI is InChI=1S/C8H9BrN2O2S/c9-7-2-1-3-8(11-7)10-6-4-14(12,13)5-6/h1-3,6H,4-5H2,(H,10,11). The summed E-state index contributed by atoms with van der Waals surface area (Å²) < 4.78 is 22.5. The summed E-state index contributed by atoms with van der Waals surface area (Å²) in [7, 11) is -2.76. The van der Waals surface area contributed by atoms with Gasteiger partial charge in [0.15, 0.2) is 9.84 Å². The Balaban J connectivity index is 2.00. The summed E-state index contributed by atoms with van der Waals surface area (Å²) in [6, 6.07) is 5.51. The van der Waals surface area contributed by atoms with Crippen molar-refractivity contribution in [2.24, 2.45) is 0 Å². The monoisotopic (exact) mass is 276 g/mol. The van der Waals surface area contributed by atoms with Gasteiger partial charge >= 0.3 is 0 Å². The zero-order chi connectivity index (χ0) is 10.2. The predicted molar refractivity (Wildman–Crippen MR) is 58.0 cm³/mol. The highest BCUT2D eigenvalue weighted by Crippen LogP contribution is 2.17. The van der Waals surface area contributed by atoms with E-state index in [9.17, 15) is 8.42 Å². The van der Waals surface area contributed by atoms with Crippen molar-refractivity contribution in [2.45, 2.75) is 6.04 Å². The zero-order valence-corrected chi connectivity index (χ0v) is 9.68. The van der Waals surface area contributed by atoms with Crippen molar-refractivity contribution < 1.29 is 8.42 Å². The van der Waals surface area contributed by atoms with E-state index in [2.05, 4.69) is 26.2 Å². The van der Waals surface area contributed by atoms with Crippen LogP contribution in [-0.2, 0) is 9.84 Å². The van der Waals surface area contributed by atoms with Crippen LogP contribution in [0.15, 0.2) is 22.8 Å². The van der Waals surface area contributed by atoms with E-state index in [1.165, 1.54) is 0 Å². The second kappa shape index (κ2) is 3.51. The first-order chi connectivity index (χ1) is 6.55. The lowest BCUT2D eigenvalue weighted by molar-refractivity contribution is 0.570. The molecule has 0 unspecified atom stereocenters. The topological polar surface area (TPSA) is 59.1 Å². The van der Waals surface area contributed by atoms with Gasteiger partial charge < -0.3 is 5.32 Å². The van der Waals surface area contributed by atoms with Gasteiger partial charge in [-0.1, -0.05) is 6.07 Å². The summed E-state index contributed by atoms with van der Waals surface area (Å²) in [4.78, 5) is 4.15. The van der Waals surface area contributed by atoms with Gasteiger partial charge in [-0.3, -0.25) is 0 Å². The molecule has 2 heterocycles. The molecule has 1 aliphatic heterocycles. The van der Waals surface area contributed by atoms with Gasteiger partial charge in [0.1, 0.15) is 10.4 Å². The second-order valence-corrected chi connectivity index (χ2v) is 6.23. The molecule has 1 aliphatic rings. The van der Waals surface area contributed by atoms with Gasteiger partial charge in [0.05, 0.1) is 17.5 Å². The molecule has 0 radical (unpaired) electrons. The van der Waals surface area contributed by atoms with E-state index in [-0.39, 0.29) is 17.5 Å². The molecule has 0 saturated carbocycles. The molecule has 0 bridgehead atoms. The van der Waals surface area contributed by atoms with Crippen molar-refractivity contribution in [1.82, 2.24) is 4.98 Å². The number of nitrogens with one attached hydrogen (secondary N) is 1. The molecule has 0 aromatic carbocycles. The van der Waals surface area contributed by atoms with Crippen molar-refractivity contribution in [1.29, 1.82) is 0 Å². The molecule has 1 saturated heterocycles. The molecular weight excluding hydrogens is 268 g/mol. The van der Waals surface area contributed by atoms with E-state index in [0.717, 1.165) is 4.60 Å². The fourth-order valence-electron chi connectivity index (χ4n) is 1.35. The molecule has 0 atom stereocenters. The minimum absolute atomic E-state index is 0.0156. The van der Waals surface area contributed by atoms with Crippen LogP contribution in [0.25, 0.3) is 0 Å². The average Bonchev–Trinajstić information content (AvgIpc) is 2.00. The highest BCUT2D eigenvalue weighted by Gasteiger charge is 2.33. The Labute approximate surface area is 90.8 Å². The lowest BCUT2D eigenvalue weighted by Gasteiger charge is -2.26. The number of anilines is 1. The maximum atomic E-state index is 10.9. The number of aromatic nitrogens is 1. The zero-order valence-electron chi connectivity index (χ0n) is 7.27. The van der Waals surface area contributed by atoms with Crippen LogP contribution in [0.4, 0.5) is 5.82 Å². The van der Waals surface area contributed by atoms with E-state index < -0.39 is 9.84 Å². The number of sulfone groups is 1. The van der Waals surface area contributed by atoms with Crippen molar-refractivity contribution in [3.05, 3.63) is 22.8 Å². The quantitative estimate of drug-likeness (QED) is 0.821. The number of rotatable bonds is 2. The maximum absolute atomic E-state index is 10.9. The molecule has 1 N–H and O–H groups in total. The molecule has 0 spiro atoms. The van der Waals surface area contributed by atoms with Gasteiger partial charge in [0.25, 0.3) is 0 Å². The third-order valence-corrected chi connectivity index (χ3v) is 4.24. The first kappa shape index (κ1) is 9.92. The first-order valence-corrected chi connectivity index (χ1v) is 6.76. The maximum Gasteiger partial charge on any atom is 0.154 e. The highest BCUT2D eigenvalue weighted by molar-refractivity contribution is 9.10. The second-order valence-electron chi connectivity index (χ2n) is 3.26. The predicted octanol–water partition coefficient (Wildman–Crippen LogP) is 1.05. The Bertz CT molecular complexity index is 434. The van der Waals surface area contributed by atoms with Crippen LogP contribution in [0.2, 0.25) is 0 Å². The molecular formula is C8H9BrN2O2S. The van der Waals surface area contributed by atoms with Gasteiger partial charge in [-0.05, 0) is 28.1 Å². The number of hydrogen-bond acceptors (Lipinski definition) is 4. The molecule has 76 valence electrons. The minimum atomic E-state index is -2.76. The number of nitrogens with zero attached hydrogens (tertiary/aromatic N) is 1. The van der Waals surface area contributed by atoms with Crippen LogP contribution in [0.3, 0.4) is 0 Å². The van der Waals surface area contributed by atoms with Gasteiger partial charge in [-0.25, -0.2) is 13.4 Å². The number of hydrogen-bond donors (Lipinski definition) is 1. The van der Waals surface area contributed by atoms with Crippen LogP contribution in [0.5, 0.6) is 0 Å². The molecule has 1 aromatic rings. The Kier molecular flexibility index (Phi) is 2.48. The lowest BCUT2D eigenvalue weighted by atomic mass is 10.3. The van der Waals surface area contributed by atoms with Crippen molar-refractivity contribution in [3.63, 3.8) is 0 Å². The molecule has 1 fully saturated rings. The van der Waals surface area contributed by atoms with E-state index in [0.29, 0.717) is 5.82 Å². The Hall–Kier alpha value is -0.620. The minimum Gasteiger partial charge on any atom is -0.365 e. The fraction of sp³-hybridized carbons (Fsp3) is 0.375. The summed E-state index contributed by atoms with van der Waals surface area (Å²) in [5.41, 5.74) is 0. The Morgan fingerprint density at radius 2 is 2.14 bits per heavy atom. The van der Waals surface area contributed by atoms with Gasteiger partial charge in [0, 0.05) is 0 Å². The van der Waals surface area contributed by atoms with Crippen LogP contribution >= 0.6 is 15.9 Å². The molecule has 4 nitrogen and oxygen atoms in total. The largest absolute Gasteiger partial charge is 0.365 e. The van der Waals surface area contributed by atoms with Crippen molar-refractivity contribution >= 4 is 31.6 Å². The number of halogens is 1. The van der Waals surface area contributed by atoms with Crippen molar-refractivity contribution in [2.75, 3.05) is 16.8 Å². The summed E-state index contributed by atoms with van der Waals surface area (Å²) in [6.07, 6.45) is 0. The van der Waals surface area contributed by atoms with Gasteiger partial charge in [-0.15, -0.1) is 0 Å².